The highest BCUT2D eigenvalue weighted by Crippen LogP contribution is 2.17. The number of aliphatic hydroxyl groups is 1. The Bertz CT molecular complexity index is 811. The molecule has 23 heavy (non-hydrogen) atoms. The molecule has 3 rings (SSSR count). The molecular formula is C18H18N2O3. The van der Waals surface area contributed by atoms with E-state index in [-0.39, 0.29) is 18.0 Å². The van der Waals surface area contributed by atoms with Crippen LogP contribution in [0.2, 0.25) is 0 Å². The number of likely N-dealkylation sites (N-methyl/N-ethyl adjacent to an activating group) is 1. The Labute approximate surface area is 134 Å². The molecule has 2 amide bonds. The first-order valence-corrected chi connectivity index (χ1v) is 7.49. The lowest BCUT2D eigenvalue weighted by Crippen LogP contribution is -2.29. The summed E-state index contributed by atoms with van der Waals surface area (Å²) in [6.07, 6.45) is 0.689. The summed E-state index contributed by atoms with van der Waals surface area (Å²) in [5.74, 6) is -1.35. The lowest BCUT2D eigenvalue weighted by molar-refractivity contribution is -0.126. The first-order chi connectivity index (χ1) is 11.1. The Morgan fingerprint density at radius 2 is 1.96 bits per heavy atom. The third kappa shape index (κ3) is 3.04. The standard InChI is InChI=1S/C18H18N2O3/c1-20-11-15(16(21)18(20)23)17(22)19-9-8-12-6-7-13-4-2-3-5-14(13)10-12/h2-7,10,21H,8-9,11H2,1H3,(H,19,22). The normalized spacial score (nSPS) is 14.7. The van der Waals surface area contributed by atoms with Crippen LogP contribution in [-0.4, -0.2) is 42.0 Å². The van der Waals surface area contributed by atoms with Gasteiger partial charge in [-0.25, -0.2) is 0 Å². The zero-order valence-electron chi connectivity index (χ0n) is 12.9. The van der Waals surface area contributed by atoms with Crippen LogP contribution >= 0.6 is 0 Å². The maximum absolute atomic E-state index is 12.0. The molecule has 0 atom stereocenters. The van der Waals surface area contributed by atoms with Gasteiger partial charge in [0.25, 0.3) is 11.8 Å². The van der Waals surface area contributed by atoms with E-state index in [0.717, 1.165) is 5.56 Å². The molecule has 2 N–H and O–H groups in total. The molecule has 0 radical (unpaired) electrons. The van der Waals surface area contributed by atoms with Gasteiger partial charge in [-0.15, -0.1) is 0 Å². The first kappa shape index (κ1) is 15.1. The fourth-order valence-electron chi connectivity index (χ4n) is 2.69. The molecular weight excluding hydrogens is 292 g/mol. The number of carbonyl (C=O) groups excluding carboxylic acids is 2. The number of nitrogens with zero attached hydrogens (tertiary/aromatic N) is 1. The van der Waals surface area contributed by atoms with Crippen molar-refractivity contribution in [1.82, 2.24) is 10.2 Å². The molecule has 5 nitrogen and oxygen atoms in total. The summed E-state index contributed by atoms with van der Waals surface area (Å²) >= 11 is 0. The second-order valence-electron chi connectivity index (χ2n) is 5.68. The van der Waals surface area contributed by atoms with Crippen LogP contribution in [0, 0.1) is 0 Å². The van der Waals surface area contributed by atoms with Gasteiger partial charge in [-0.3, -0.25) is 9.59 Å². The molecule has 0 fully saturated rings. The Kier molecular flexibility index (Phi) is 4.02. The van der Waals surface area contributed by atoms with Crippen molar-refractivity contribution in [1.29, 1.82) is 0 Å². The maximum Gasteiger partial charge on any atom is 0.289 e. The van der Waals surface area contributed by atoms with Gasteiger partial charge in [0.1, 0.15) is 0 Å². The lowest BCUT2D eigenvalue weighted by atomic mass is 10.1. The highest BCUT2D eigenvalue weighted by molar-refractivity contribution is 6.06. The molecule has 0 bridgehead atoms. The molecule has 0 spiro atoms. The predicted octanol–water partition coefficient (Wildman–Crippen LogP) is 1.78. The summed E-state index contributed by atoms with van der Waals surface area (Å²) in [5.41, 5.74) is 1.26. The van der Waals surface area contributed by atoms with Crippen molar-refractivity contribution in [2.24, 2.45) is 0 Å². The topological polar surface area (TPSA) is 69.6 Å². The van der Waals surface area contributed by atoms with Gasteiger partial charge in [-0.05, 0) is 22.8 Å². The van der Waals surface area contributed by atoms with E-state index >= 15 is 0 Å². The van der Waals surface area contributed by atoms with Gasteiger partial charge in [0.15, 0.2) is 5.76 Å². The molecule has 0 aromatic heterocycles. The third-order valence-corrected chi connectivity index (χ3v) is 4.02. The smallest absolute Gasteiger partial charge is 0.289 e. The van der Waals surface area contributed by atoms with Crippen molar-refractivity contribution in [3.8, 4) is 0 Å². The van der Waals surface area contributed by atoms with Gasteiger partial charge < -0.3 is 15.3 Å². The Morgan fingerprint density at radius 1 is 1.22 bits per heavy atom. The van der Waals surface area contributed by atoms with Crippen molar-refractivity contribution in [3.63, 3.8) is 0 Å². The molecule has 1 aliphatic heterocycles. The number of benzene rings is 2. The fourth-order valence-corrected chi connectivity index (χ4v) is 2.69. The summed E-state index contributed by atoms with van der Waals surface area (Å²) in [5, 5.41) is 14.8. The number of fused-ring (bicyclic) bond motifs is 1. The number of carbonyl (C=O) groups is 2. The average molecular weight is 310 g/mol. The van der Waals surface area contributed by atoms with Crippen molar-refractivity contribution >= 4 is 22.6 Å². The third-order valence-electron chi connectivity index (χ3n) is 4.02. The summed E-state index contributed by atoms with van der Waals surface area (Å²) < 4.78 is 0. The summed E-state index contributed by atoms with van der Waals surface area (Å²) in [6.45, 7) is 0.596. The zero-order chi connectivity index (χ0) is 16.4. The van der Waals surface area contributed by atoms with Crippen molar-refractivity contribution in [3.05, 3.63) is 59.4 Å². The summed E-state index contributed by atoms with van der Waals surface area (Å²) in [6, 6.07) is 14.3. The number of aliphatic hydroxyl groups excluding tert-OH is 1. The van der Waals surface area contributed by atoms with Crippen molar-refractivity contribution in [2.45, 2.75) is 6.42 Å². The van der Waals surface area contributed by atoms with Gasteiger partial charge >= 0.3 is 0 Å². The van der Waals surface area contributed by atoms with E-state index in [1.54, 1.807) is 7.05 Å². The number of nitrogens with one attached hydrogen (secondary N) is 1. The molecule has 5 heteroatoms. The average Bonchev–Trinajstić information content (AvgIpc) is 2.82. The Morgan fingerprint density at radius 3 is 2.65 bits per heavy atom. The molecule has 0 aliphatic carbocycles. The Hall–Kier alpha value is -2.82. The van der Waals surface area contributed by atoms with Crippen LogP contribution in [0.25, 0.3) is 10.8 Å². The van der Waals surface area contributed by atoms with Gasteiger partial charge in [0, 0.05) is 13.6 Å². The van der Waals surface area contributed by atoms with E-state index in [4.69, 9.17) is 0 Å². The van der Waals surface area contributed by atoms with E-state index in [1.165, 1.54) is 15.7 Å². The molecule has 1 aliphatic rings. The summed E-state index contributed by atoms with van der Waals surface area (Å²) in [4.78, 5) is 24.8. The first-order valence-electron chi connectivity index (χ1n) is 7.49. The molecule has 0 saturated carbocycles. The van der Waals surface area contributed by atoms with Gasteiger partial charge in [0.05, 0.1) is 12.1 Å². The molecule has 0 unspecified atom stereocenters. The van der Waals surface area contributed by atoms with Gasteiger partial charge in [0.2, 0.25) is 0 Å². The van der Waals surface area contributed by atoms with Crippen LogP contribution < -0.4 is 5.32 Å². The SMILES string of the molecule is CN1CC(C(=O)NCCc2ccc3ccccc3c2)=C(O)C1=O. The molecule has 2 aromatic rings. The van der Waals surface area contributed by atoms with E-state index in [1.807, 2.05) is 18.2 Å². The van der Waals surface area contributed by atoms with Crippen LogP contribution in [0.15, 0.2) is 53.8 Å². The van der Waals surface area contributed by atoms with E-state index in [0.29, 0.717) is 13.0 Å². The number of rotatable bonds is 4. The number of hydrogen-bond acceptors (Lipinski definition) is 3. The van der Waals surface area contributed by atoms with Gasteiger partial charge in [-0.1, -0.05) is 42.5 Å². The fraction of sp³-hybridized carbons (Fsp3) is 0.222. The second-order valence-corrected chi connectivity index (χ2v) is 5.68. The van der Waals surface area contributed by atoms with Crippen LogP contribution in [-0.2, 0) is 16.0 Å². The summed E-state index contributed by atoms with van der Waals surface area (Å²) in [7, 11) is 1.55. The minimum Gasteiger partial charge on any atom is -0.503 e. The number of amides is 2. The van der Waals surface area contributed by atoms with Gasteiger partial charge in [-0.2, -0.15) is 0 Å². The zero-order valence-corrected chi connectivity index (χ0v) is 12.9. The van der Waals surface area contributed by atoms with Crippen molar-refractivity contribution < 1.29 is 14.7 Å². The van der Waals surface area contributed by atoms with E-state index < -0.39 is 11.7 Å². The van der Waals surface area contributed by atoms with Crippen LogP contribution in [0.4, 0.5) is 0 Å². The van der Waals surface area contributed by atoms with E-state index in [9.17, 15) is 14.7 Å². The molecule has 1 heterocycles. The maximum atomic E-state index is 12.0. The Balaban J connectivity index is 1.60. The highest BCUT2D eigenvalue weighted by Gasteiger charge is 2.31. The van der Waals surface area contributed by atoms with Crippen LogP contribution in [0.1, 0.15) is 5.56 Å². The monoisotopic (exact) mass is 310 g/mol. The predicted molar refractivity (Wildman–Crippen MR) is 88.0 cm³/mol. The molecule has 2 aromatic carbocycles. The van der Waals surface area contributed by atoms with Crippen LogP contribution in [0.3, 0.4) is 0 Å². The minimum atomic E-state index is -0.510. The highest BCUT2D eigenvalue weighted by atomic mass is 16.3. The van der Waals surface area contributed by atoms with E-state index in [2.05, 4.69) is 29.6 Å². The largest absolute Gasteiger partial charge is 0.503 e. The van der Waals surface area contributed by atoms with Crippen molar-refractivity contribution in [2.75, 3.05) is 20.1 Å². The minimum absolute atomic E-state index is 0.135. The molecule has 118 valence electrons. The quantitative estimate of drug-likeness (QED) is 0.904. The number of hydrogen-bond donors (Lipinski definition) is 2. The molecule has 0 saturated heterocycles. The van der Waals surface area contributed by atoms with Crippen LogP contribution in [0.5, 0.6) is 0 Å². The second kappa shape index (κ2) is 6.12. The lowest BCUT2D eigenvalue weighted by Gasteiger charge is -2.08.